The maximum atomic E-state index is 10.4. The van der Waals surface area contributed by atoms with Crippen molar-refractivity contribution in [2.24, 2.45) is 0 Å². The van der Waals surface area contributed by atoms with Gasteiger partial charge in [-0.15, -0.1) is 0 Å². The second kappa shape index (κ2) is 2.46. The molecule has 0 bridgehead atoms. The molecular formula is C4H10O3S. The molecule has 3 nitrogen and oxygen atoms in total. The van der Waals surface area contributed by atoms with Crippen LogP contribution in [0.25, 0.3) is 0 Å². The number of hydrogen-bond donors (Lipinski definition) is 0. The molecule has 50 valence electrons. The molecule has 0 spiro atoms. The Morgan fingerprint density at radius 3 is 2.38 bits per heavy atom. The van der Waals surface area contributed by atoms with Gasteiger partial charge in [-0.25, -0.2) is 0 Å². The van der Waals surface area contributed by atoms with Gasteiger partial charge in [0.05, 0.1) is 12.4 Å². The molecule has 0 N–H and O–H groups in total. The van der Waals surface area contributed by atoms with Crippen molar-refractivity contribution in [2.75, 3.05) is 6.26 Å². The number of rotatable bonds is 2. The van der Waals surface area contributed by atoms with Gasteiger partial charge in [0.1, 0.15) is 0 Å². The Hall–Kier alpha value is -0.0900. The molecule has 0 heterocycles. The third-order valence-corrected chi connectivity index (χ3v) is 0.980. The fraction of sp³-hybridized carbons (Fsp3) is 1.00. The van der Waals surface area contributed by atoms with Crippen molar-refractivity contribution in [2.45, 2.75) is 19.9 Å². The third-order valence-electron chi connectivity index (χ3n) is 0.327. The van der Waals surface area contributed by atoms with Gasteiger partial charge in [0.25, 0.3) is 10.1 Å². The lowest BCUT2D eigenvalue weighted by molar-refractivity contribution is 0.251. The van der Waals surface area contributed by atoms with Crippen molar-refractivity contribution in [3.8, 4) is 0 Å². The van der Waals surface area contributed by atoms with Crippen LogP contribution in [0.5, 0.6) is 0 Å². The lowest BCUT2D eigenvalue weighted by atomic mass is 10.5. The van der Waals surface area contributed by atoms with Gasteiger partial charge in [-0.05, 0) is 13.8 Å². The van der Waals surface area contributed by atoms with E-state index in [2.05, 4.69) is 4.18 Å². The van der Waals surface area contributed by atoms with Gasteiger partial charge in [-0.3, -0.25) is 4.18 Å². The van der Waals surface area contributed by atoms with Crippen molar-refractivity contribution in [1.82, 2.24) is 0 Å². The van der Waals surface area contributed by atoms with E-state index in [9.17, 15) is 8.42 Å². The Balaban J connectivity index is 3.93. The molecule has 0 aliphatic carbocycles. The highest BCUT2D eigenvalue weighted by Gasteiger charge is 2.02. The van der Waals surface area contributed by atoms with Gasteiger partial charge < -0.3 is 0 Å². The van der Waals surface area contributed by atoms with E-state index in [4.69, 9.17) is 2.74 Å². The van der Waals surface area contributed by atoms with Crippen molar-refractivity contribution >= 4 is 10.1 Å². The summed E-state index contributed by atoms with van der Waals surface area (Å²) in [6.07, 6.45) is 0.00120. The predicted molar refractivity (Wildman–Crippen MR) is 31.1 cm³/mol. The van der Waals surface area contributed by atoms with Gasteiger partial charge in [0.2, 0.25) is 0 Å². The van der Waals surface area contributed by atoms with Crippen molar-refractivity contribution < 1.29 is 15.3 Å². The van der Waals surface area contributed by atoms with Crippen LogP contribution in [-0.2, 0) is 14.3 Å². The first-order valence-corrected chi connectivity index (χ1v) is 3.87. The van der Waals surface area contributed by atoms with Crippen LogP contribution in [0.15, 0.2) is 0 Å². The molecule has 0 rings (SSSR count). The van der Waals surface area contributed by atoms with E-state index in [0.29, 0.717) is 0 Å². The summed E-state index contributed by atoms with van der Waals surface area (Å²) in [6.45, 7) is 0.0980. The van der Waals surface area contributed by atoms with Crippen LogP contribution in [-0.4, -0.2) is 20.8 Å². The SMILES string of the molecule is [2H]C([2H])C(C)OS(C)(=O)=O. The minimum Gasteiger partial charge on any atom is -0.268 e. The maximum Gasteiger partial charge on any atom is 0.264 e. The van der Waals surface area contributed by atoms with E-state index >= 15 is 0 Å². The Morgan fingerprint density at radius 1 is 1.75 bits per heavy atom. The van der Waals surface area contributed by atoms with Crippen molar-refractivity contribution in [3.05, 3.63) is 0 Å². The molecule has 0 radical (unpaired) electrons. The molecule has 8 heavy (non-hydrogen) atoms. The molecule has 1 atom stereocenters. The Morgan fingerprint density at radius 2 is 2.25 bits per heavy atom. The average Bonchev–Trinajstić information content (AvgIpc) is 1.60. The molecule has 0 amide bonds. The van der Waals surface area contributed by atoms with Crippen LogP contribution in [0.1, 0.15) is 16.5 Å². The quantitative estimate of drug-likeness (QED) is 0.520. The van der Waals surface area contributed by atoms with Gasteiger partial charge >= 0.3 is 0 Å². The van der Waals surface area contributed by atoms with E-state index in [1.54, 1.807) is 0 Å². The van der Waals surface area contributed by atoms with E-state index in [0.717, 1.165) is 6.26 Å². The van der Waals surface area contributed by atoms with Crippen LogP contribution >= 0.6 is 0 Å². The van der Waals surface area contributed by atoms with E-state index < -0.39 is 23.1 Å². The van der Waals surface area contributed by atoms with Crippen molar-refractivity contribution in [1.29, 1.82) is 0 Å². The van der Waals surface area contributed by atoms with Crippen LogP contribution < -0.4 is 0 Å². The van der Waals surface area contributed by atoms with E-state index in [-0.39, 0.29) is 0 Å². The van der Waals surface area contributed by atoms with Crippen LogP contribution in [0.2, 0.25) is 0 Å². The summed E-state index contributed by atoms with van der Waals surface area (Å²) in [7, 11) is -3.51. The third kappa shape index (κ3) is 5.91. The zero-order chi connectivity index (χ0) is 8.36. The summed E-state index contributed by atoms with van der Waals surface area (Å²) in [6, 6.07) is 0. The number of hydrogen-bond acceptors (Lipinski definition) is 3. The molecular weight excluding hydrogens is 128 g/mol. The zero-order valence-electron chi connectivity index (χ0n) is 6.79. The van der Waals surface area contributed by atoms with E-state index in [1.165, 1.54) is 6.92 Å². The molecule has 1 unspecified atom stereocenters. The largest absolute Gasteiger partial charge is 0.268 e. The molecule has 0 saturated carbocycles. The van der Waals surface area contributed by atoms with Gasteiger partial charge in [0.15, 0.2) is 0 Å². The van der Waals surface area contributed by atoms with Gasteiger partial charge in [-0.2, -0.15) is 8.42 Å². The van der Waals surface area contributed by atoms with Crippen LogP contribution in [0.3, 0.4) is 0 Å². The highest BCUT2D eigenvalue weighted by atomic mass is 32.2. The van der Waals surface area contributed by atoms with E-state index in [1.807, 2.05) is 0 Å². The Labute approximate surface area is 52.6 Å². The summed E-state index contributed by atoms with van der Waals surface area (Å²) in [5, 5.41) is 0. The first-order valence-electron chi connectivity index (χ1n) is 3.21. The van der Waals surface area contributed by atoms with Crippen molar-refractivity contribution in [3.63, 3.8) is 0 Å². The molecule has 0 fully saturated rings. The molecule has 0 aliphatic rings. The summed E-state index contributed by atoms with van der Waals surface area (Å²) in [5.41, 5.74) is 0. The lowest BCUT2D eigenvalue weighted by Crippen LogP contribution is -2.09. The predicted octanol–water partition coefficient (Wildman–Crippen LogP) is 0.371. The second-order valence-electron chi connectivity index (χ2n) is 1.51. The highest BCUT2D eigenvalue weighted by molar-refractivity contribution is 7.86. The molecule has 0 saturated heterocycles. The normalized spacial score (nSPS) is 19.9. The molecule has 0 aliphatic heterocycles. The zero-order valence-corrected chi connectivity index (χ0v) is 5.60. The first kappa shape index (κ1) is 4.76. The minimum absolute atomic E-state index is 0.894. The standard InChI is InChI=1S/C4H10O3S/c1-4(2)7-8(3,5)6/h4H,1-3H3/i1D2. The first-order chi connectivity index (χ1) is 4.33. The smallest absolute Gasteiger partial charge is 0.264 e. The molecule has 0 aromatic heterocycles. The summed E-state index contributed by atoms with van der Waals surface area (Å²) < 4.78 is 38.5. The van der Waals surface area contributed by atoms with Gasteiger partial charge in [0, 0.05) is 2.74 Å². The van der Waals surface area contributed by atoms with Crippen LogP contribution in [0, 0.1) is 0 Å². The summed E-state index contributed by atoms with van der Waals surface area (Å²) in [4.78, 5) is 0. The topological polar surface area (TPSA) is 43.4 Å². The van der Waals surface area contributed by atoms with Gasteiger partial charge in [-0.1, -0.05) is 0 Å². The Bertz CT molecular complexity index is 187. The fourth-order valence-corrected chi connectivity index (χ4v) is 0.827. The fourth-order valence-electron chi connectivity index (χ4n) is 0.276. The summed E-state index contributed by atoms with van der Waals surface area (Å²) in [5.74, 6) is 0. The maximum absolute atomic E-state index is 10.4. The summed E-state index contributed by atoms with van der Waals surface area (Å²) >= 11 is 0. The lowest BCUT2D eigenvalue weighted by Gasteiger charge is -2.01. The molecule has 0 aromatic rings. The molecule has 4 heteroatoms. The highest BCUT2D eigenvalue weighted by Crippen LogP contribution is 1.92. The molecule has 0 aromatic carbocycles. The minimum atomic E-state index is -3.51. The Kier molecular flexibility index (Phi) is 1.46. The monoisotopic (exact) mass is 140 g/mol. The van der Waals surface area contributed by atoms with Crippen LogP contribution in [0.4, 0.5) is 0 Å². The average molecular weight is 140 g/mol. The second-order valence-corrected chi connectivity index (χ2v) is 3.11.